The minimum Gasteiger partial charge on any atom is -0.454 e. The summed E-state index contributed by atoms with van der Waals surface area (Å²) in [6, 6.07) is 18.6. The highest BCUT2D eigenvalue weighted by atomic mass is 35.5. The molecular formula is C24H16Cl2N4O3S. The number of carbonyl (C=O) groups excluding carboxylic acids is 1. The number of rotatable bonds is 3. The summed E-state index contributed by atoms with van der Waals surface area (Å²) in [7, 11) is 0. The van der Waals surface area contributed by atoms with Gasteiger partial charge in [0.25, 0.3) is 5.91 Å². The molecule has 6 rings (SSSR count). The molecule has 3 aromatic carbocycles. The molecule has 7 nitrogen and oxygen atoms in total. The van der Waals surface area contributed by atoms with E-state index in [4.69, 9.17) is 42.8 Å². The Morgan fingerprint density at radius 1 is 1.03 bits per heavy atom. The summed E-state index contributed by atoms with van der Waals surface area (Å²) in [6.07, 6.45) is -0.658. The lowest BCUT2D eigenvalue weighted by atomic mass is 10.1. The summed E-state index contributed by atoms with van der Waals surface area (Å²) in [4.78, 5) is 18.2. The van der Waals surface area contributed by atoms with E-state index in [9.17, 15) is 4.79 Å². The number of amides is 1. The van der Waals surface area contributed by atoms with Gasteiger partial charge in [0.1, 0.15) is 5.70 Å². The monoisotopic (exact) mass is 510 g/mol. The van der Waals surface area contributed by atoms with Crippen LogP contribution in [0.25, 0.3) is 5.70 Å². The van der Waals surface area contributed by atoms with Gasteiger partial charge in [-0.3, -0.25) is 15.1 Å². The van der Waals surface area contributed by atoms with E-state index >= 15 is 0 Å². The molecule has 10 heteroatoms. The third-order valence-electron chi connectivity index (χ3n) is 5.61. The van der Waals surface area contributed by atoms with E-state index in [1.807, 2.05) is 48.5 Å². The van der Waals surface area contributed by atoms with Crippen molar-refractivity contribution in [2.45, 2.75) is 11.9 Å². The van der Waals surface area contributed by atoms with Crippen molar-refractivity contribution in [3.63, 3.8) is 0 Å². The zero-order chi connectivity index (χ0) is 23.2. The van der Waals surface area contributed by atoms with Crippen LogP contribution in [0.4, 0.5) is 0 Å². The van der Waals surface area contributed by atoms with Gasteiger partial charge < -0.3 is 9.47 Å². The predicted octanol–water partition coefficient (Wildman–Crippen LogP) is 3.80. The van der Waals surface area contributed by atoms with Crippen LogP contribution in [0.5, 0.6) is 11.5 Å². The van der Waals surface area contributed by atoms with Crippen molar-refractivity contribution >= 4 is 51.7 Å². The van der Waals surface area contributed by atoms with Gasteiger partial charge in [-0.2, -0.15) is 0 Å². The number of fused-ring (bicyclic) bond motifs is 3. The Balaban J connectivity index is 1.44. The van der Waals surface area contributed by atoms with E-state index in [2.05, 4.69) is 5.32 Å². The third kappa shape index (κ3) is 3.68. The molecule has 0 spiro atoms. The number of nitrogens with zero attached hydrogens (tertiary/aromatic N) is 3. The highest BCUT2D eigenvalue weighted by Crippen LogP contribution is 2.42. The molecule has 0 saturated carbocycles. The summed E-state index contributed by atoms with van der Waals surface area (Å²) in [5.41, 5.74) is 2.02. The first-order valence-corrected chi connectivity index (χ1v) is 12.1. The topological polar surface area (TPSA) is 75.5 Å². The highest BCUT2D eigenvalue weighted by molar-refractivity contribution is 8.13. The first kappa shape index (κ1) is 21.3. The molecule has 1 N–H and O–H groups in total. The molecule has 3 aromatic rings. The second-order valence-electron chi connectivity index (χ2n) is 7.68. The maximum absolute atomic E-state index is 13.3. The predicted molar refractivity (Wildman–Crippen MR) is 131 cm³/mol. The van der Waals surface area contributed by atoms with Gasteiger partial charge >= 0.3 is 0 Å². The number of hydrogen-bond donors (Lipinski definition) is 1. The summed E-state index contributed by atoms with van der Waals surface area (Å²) in [5.74, 6) is 1.44. The minimum absolute atomic E-state index is 0.129. The van der Waals surface area contributed by atoms with Gasteiger partial charge in [-0.05, 0) is 23.8 Å². The highest BCUT2D eigenvalue weighted by Gasteiger charge is 2.36. The van der Waals surface area contributed by atoms with Crippen molar-refractivity contribution in [3.8, 4) is 11.5 Å². The van der Waals surface area contributed by atoms with Gasteiger partial charge in [0, 0.05) is 27.6 Å². The number of nitrogens with one attached hydrogen (secondary N) is 1. The zero-order valence-corrected chi connectivity index (χ0v) is 19.8. The van der Waals surface area contributed by atoms with E-state index in [0.29, 0.717) is 54.3 Å². The molecule has 1 amide bonds. The molecule has 0 saturated heterocycles. The molecule has 170 valence electrons. The number of halogens is 2. The third-order valence-corrected chi connectivity index (χ3v) is 7.22. The number of carbonyl (C=O) groups is 1. The number of benzene rings is 3. The van der Waals surface area contributed by atoms with Crippen molar-refractivity contribution in [2.75, 3.05) is 6.79 Å². The van der Waals surface area contributed by atoms with E-state index < -0.39 is 6.17 Å². The van der Waals surface area contributed by atoms with Crippen LogP contribution in [-0.2, 0) is 10.5 Å². The Kier molecular flexibility index (Phi) is 5.36. The van der Waals surface area contributed by atoms with Gasteiger partial charge in [0.15, 0.2) is 22.8 Å². The van der Waals surface area contributed by atoms with Crippen molar-refractivity contribution in [3.05, 3.63) is 92.4 Å². The number of ether oxygens (including phenoxy) is 2. The van der Waals surface area contributed by atoms with Crippen LogP contribution >= 0.6 is 35.0 Å². The fourth-order valence-corrected chi connectivity index (χ4v) is 5.37. The van der Waals surface area contributed by atoms with Crippen LogP contribution in [-0.4, -0.2) is 22.9 Å². The molecular weight excluding hydrogens is 495 g/mol. The minimum atomic E-state index is -0.658. The SMILES string of the molecule is O=C1NC(SCc2ccccc2Cl)=NN2C1=c1ccccc1=N[C@H]2c1cc2c(cc1Cl)OCO2. The Morgan fingerprint density at radius 2 is 1.79 bits per heavy atom. The molecule has 3 aliphatic heterocycles. The van der Waals surface area contributed by atoms with Gasteiger partial charge in [-0.25, -0.2) is 5.01 Å². The first-order valence-electron chi connectivity index (χ1n) is 10.4. The smallest absolute Gasteiger partial charge is 0.276 e. The van der Waals surface area contributed by atoms with Crippen LogP contribution in [0.15, 0.2) is 70.8 Å². The van der Waals surface area contributed by atoms with E-state index in [0.717, 1.165) is 5.56 Å². The number of para-hydroxylation sites is 1. The van der Waals surface area contributed by atoms with Gasteiger partial charge in [-0.1, -0.05) is 71.4 Å². The Hall–Kier alpha value is -3.20. The molecule has 0 fully saturated rings. The van der Waals surface area contributed by atoms with E-state index in [1.165, 1.54) is 11.8 Å². The van der Waals surface area contributed by atoms with Gasteiger partial charge in [-0.15, -0.1) is 5.10 Å². The van der Waals surface area contributed by atoms with Gasteiger partial charge in [0.05, 0.1) is 10.4 Å². The molecule has 34 heavy (non-hydrogen) atoms. The lowest BCUT2D eigenvalue weighted by Gasteiger charge is -2.34. The number of hydrogen-bond acceptors (Lipinski definition) is 7. The second kappa shape index (κ2) is 8.54. The van der Waals surface area contributed by atoms with Crippen LogP contribution in [0, 0.1) is 0 Å². The molecule has 0 aromatic heterocycles. The standard InChI is InChI=1S/C24H16Cl2N4O3S/c25-16-7-3-1-5-13(16)11-34-24-28-23(31)21-14-6-2-4-8-18(14)27-22(30(21)29-24)15-9-19-20(10-17(15)26)33-12-32-19/h1-10,22H,11-12H2,(H,28,29,31)/t22-/m1/s1. The number of hydrazone groups is 1. The summed E-state index contributed by atoms with van der Waals surface area (Å²) in [5, 5.41) is 12.2. The van der Waals surface area contributed by atoms with Crippen molar-refractivity contribution < 1.29 is 14.3 Å². The fourth-order valence-electron chi connectivity index (χ4n) is 3.99. The lowest BCUT2D eigenvalue weighted by Crippen LogP contribution is -2.50. The van der Waals surface area contributed by atoms with Crippen LogP contribution < -0.4 is 25.4 Å². The van der Waals surface area contributed by atoms with Crippen LogP contribution in [0.2, 0.25) is 10.0 Å². The molecule has 0 aliphatic carbocycles. The Morgan fingerprint density at radius 3 is 2.65 bits per heavy atom. The number of thioether (sulfide) groups is 1. The Bertz CT molecular complexity index is 1490. The molecule has 0 bridgehead atoms. The average molecular weight is 511 g/mol. The zero-order valence-electron chi connectivity index (χ0n) is 17.5. The van der Waals surface area contributed by atoms with Crippen molar-refractivity contribution in [2.24, 2.45) is 10.1 Å². The first-order chi connectivity index (χ1) is 16.6. The normalized spacial score (nSPS) is 18.0. The van der Waals surface area contributed by atoms with Crippen molar-refractivity contribution in [1.82, 2.24) is 10.3 Å². The van der Waals surface area contributed by atoms with Gasteiger partial charge in [0.2, 0.25) is 6.79 Å². The maximum atomic E-state index is 13.3. The average Bonchev–Trinajstić information content (AvgIpc) is 3.29. The van der Waals surface area contributed by atoms with E-state index in [1.54, 1.807) is 17.1 Å². The molecule has 3 heterocycles. The summed E-state index contributed by atoms with van der Waals surface area (Å²) < 4.78 is 11.0. The Labute approximate surface area is 208 Å². The van der Waals surface area contributed by atoms with Crippen LogP contribution in [0.3, 0.4) is 0 Å². The largest absolute Gasteiger partial charge is 0.454 e. The summed E-state index contributed by atoms with van der Waals surface area (Å²) in [6.45, 7) is 0.129. The molecule has 0 unspecified atom stereocenters. The van der Waals surface area contributed by atoms with Crippen LogP contribution in [0.1, 0.15) is 17.3 Å². The fraction of sp³-hybridized carbons (Fsp3) is 0.125. The second-order valence-corrected chi connectivity index (χ2v) is 9.46. The van der Waals surface area contributed by atoms with Crippen molar-refractivity contribution in [1.29, 1.82) is 0 Å². The number of amidine groups is 1. The molecule has 0 radical (unpaired) electrons. The molecule has 1 atom stereocenters. The maximum Gasteiger partial charge on any atom is 0.276 e. The van der Waals surface area contributed by atoms with E-state index in [-0.39, 0.29) is 12.7 Å². The lowest BCUT2D eigenvalue weighted by molar-refractivity contribution is -0.116. The quantitative estimate of drug-likeness (QED) is 0.579. The molecule has 3 aliphatic rings. The summed E-state index contributed by atoms with van der Waals surface area (Å²) >= 11 is 14.3.